The van der Waals surface area contributed by atoms with Crippen LogP contribution < -0.4 is 4.90 Å². The number of carbonyl (C=O) groups is 1. The fourth-order valence-electron chi connectivity index (χ4n) is 1.68. The van der Waals surface area contributed by atoms with E-state index in [1.807, 2.05) is 12.1 Å². The summed E-state index contributed by atoms with van der Waals surface area (Å²) in [7, 11) is 0. The number of hydrogen-bond acceptors (Lipinski definition) is 4. The van der Waals surface area contributed by atoms with Crippen LogP contribution in [0.2, 0.25) is 0 Å². The molecule has 0 aliphatic carbocycles. The third kappa shape index (κ3) is 2.33. The minimum atomic E-state index is -0.285. The third-order valence-electron chi connectivity index (χ3n) is 2.55. The molecule has 1 saturated heterocycles. The van der Waals surface area contributed by atoms with Crippen LogP contribution in [0.1, 0.15) is 6.92 Å². The van der Waals surface area contributed by atoms with Crippen molar-refractivity contribution in [1.29, 1.82) is 0 Å². The van der Waals surface area contributed by atoms with Crippen LogP contribution in [-0.4, -0.2) is 36.6 Å². The van der Waals surface area contributed by atoms with Crippen molar-refractivity contribution in [3.63, 3.8) is 0 Å². The van der Waals surface area contributed by atoms with Gasteiger partial charge in [0.2, 0.25) is 0 Å². The van der Waals surface area contributed by atoms with Gasteiger partial charge in [-0.2, -0.15) is 0 Å². The van der Waals surface area contributed by atoms with Crippen molar-refractivity contribution in [3.8, 4) is 0 Å². The molecule has 0 N–H and O–H groups in total. The summed E-state index contributed by atoms with van der Waals surface area (Å²) in [5, 5.41) is 0. The monoisotopic (exact) mass is 206 g/mol. The molecule has 1 aromatic heterocycles. The summed E-state index contributed by atoms with van der Waals surface area (Å²) in [6.07, 6.45) is 3.23. The molecule has 0 bridgehead atoms. The molecule has 15 heavy (non-hydrogen) atoms. The van der Waals surface area contributed by atoms with E-state index in [0.29, 0.717) is 13.2 Å². The lowest BCUT2D eigenvalue weighted by Gasteiger charge is -2.33. The first-order valence-corrected chi connectivity index (χ1v) is 5.04. The molecular formula is C11H14N2O2. The van der Waals surface area contributed by atoms with Crippen LogP contribution in [0.4, 0.5) is 5.69 Å². The molecular weight excluding hydrogens is 192 g/mol. The Morgan fingerprint density at radius 1 is 1.53 bits per heavy atom. The summed E-state index contributed by atoms with van der Waals surface area (Å²) < 4.78 is 5.38. The second-order valence-corrected chi connectivity index (χ2v) is 3.62. The number of hydrogen-bond donors (Lipinski definition) is 0. The van der Waals surface area contributed by atoms with Gasteiger partial charge in [0.25, 0.3) is 0 Å². The molecule has 1 aliphatic rings. The maximum Gasteiger partial charge on any atom is 0.160 e. The number of morpholine rings is 1. The van der Waals surface area contributed by atoms with Gasteiger partial charge in [0, 0.05) is 24.6 Å². The number of Topliss-reactive ketones (excluding diaryl/α,β-unsaturated/α-hetero) is 1. The fourth-order valence-corrected chi connectivity index (χ4v) is 1.68. The van der Waals surface area contributed by atoms with E-state index in [4.69, 9.17) is 4.74 Å². The zero-order valence-corrected chi connectivity index (χ0v) is 8.72. The molecule has 0 unspecified atom stereocenters. The van der Waals surface area contributed by atoms with E-state index in [2.05, 4.69) is 9.88 Å². The number of ether oxygens (including phenoxy) is 1. The maximum absolute atomic E-state index is 11.2. The Labute approximate surface area is 88.9 Å². The number of nitrogens with zero attached hydrogens (tertiary/aromatic N) is 2. The van der Waals surface area contributed by atoms with Crippen LogP contribution in [-0.2, 0) is 9.53 Å². The topological polar surface area (TPSA) is 42.4 Å². The summed E-state index contributed by atoms with van der Waals surface area (Å²) in [6.45, 7) is 3.64. The van der Waals surface area contributed by atoms with Gasteiger partial charge in [-0.3, -0.25) is 9.78 Å². The number of rotatable bonds is 2. The van der Waals surface area contributed by atoms with Crippen molar-refractivity contribution in [2.75, 3.05) is 24.6 Å². The van der Waals surface area contributed by atoms with Crippen LogP contribution in [0.15, 0.2) is 24.5 Å². The zero-order chi connectivity index (χ0) is 10.7. The Balaban J connectivity index is 2.08. The molecule has 2 heterocycles. The van der Waals surface area contributed by atoms with E-state index >= 15 is 0 Å². The van der Waals surface area contributed by atoms with Crippen LogP contribution in [0, 0.1) is 0 Å². The van der Waals surface area contributed by atoms with Crippen molar-refractivity contribution in [2.45, 2.75) is 13.0 Å². The summed E-state index contributed by atoms with van der Waals surface area (Å²) in [4.78, 5) is 17.3. The lowest BCUT2D eigenvalue weighted by molar-refractivity contribution is -0.128. The van der Waals surface area contributed by atoms with Gasteiger partial charge in [-0.25, -0.2) is 0 Å². The van der Waals surface area contributed by atoms with Crippen molar-refractivity contribution < 1.29 is 9.53 Å². The maximum atomic E-state index is 11.2. The van der Waals surface area contributed by atoms with Crippen LogP contribution in [0.25, 0.3) is 0 Å². The van der Waals surface area contributed by atoms with Crippen molar-refractivity contribution in [2.24, 2.45) is 0 Å². The average molecular weight is 206 g/mol. The lowest BCUT2D eigenvalue weighted by Crippen LogP contribution is -2.45. The molecule has 2 rings (SSSR count). The van der Waals surface area contributed by atoms with Gasteiger partial charge in [0.05, 0.1) is 13.2 Å². The van der Waals surface area contributed by atoms with E-state index in [1.165, 1.54) is 0 Å². The molecule has 1 aromatic rings. The van der Waals surface area contributed by atoms with Gasteiger partial charge in [0.15, 0.2) is 5.78 Å². The van der Waals surface area contributed by atoms with Crippen LogP contribution in [0.3, 0.4) is 0 Å². The summed E-state index contributed by atoms with van der Waals surface area (Å²) in [5.41, 5.74) is 1.10. The molecule has 0 saturated carbocycles. The summed E-state index contributed by atoms with van der Waals surface area (Å²) >= 11 is 0. The molecule has 0 spiro atoms. The van der Waals surface area contributed by atoms with Crippen molar-refractivity contribution >= 4 is 11.5 Å². The molecule has 1 atom stereocenters. The van der Waals surface area contributed by atoms with E-state index in [9.17, 15) is 4.79 Å². The van der Waals surface area contributed by atoms with Crippen molar-refractivity contribution in [3.05, 3.63) is 24.5 Å². The second kappa shape index (κ2) is 4.40. The van der Waals surface area contributed by atoms with Gasteiger partial charge in [-0.05, 0) is 19.1 Å². The highest BCUT2D eigenvalue weighted by molar-refractivity contribution is 5.81. The quantitative estimate of drug-likeness (QED) is 0.720. The predicted molar refractivity (Wildman–Crippen MR) is 56.9 cm³/mol. The Morgan fingerprint density at radius 2 is 2.27 bits per heavy atom. The zero-order valence-electron chi connectivity index (χ0n) is 8.72. The van der Waals surface area contributed by atoms with Crippen LogP contribution >= 0.6 is 0 Å². The average Bonchev–Trinajstić information content (AvgIpc) is 2.30. The van der Waals surface area contributed by atoms with E-state index in [-0.39, 0.29) is 11.9 Å². The number of anilines is 1. The Kier molecular flexibility index (Phi) is 2.97. The minimum Gasteiger partial charge on any atom is -0.367 e. The minimum absolute atomic E-state index is 0.0914. The van der Waals surface area contributed by atoms with E-state index in [0.717, 1.165) is 12.2 Å². The third-order valence-corrected chi connectivity index (χ3v) is 2.55. The summed E-state index contributed by atoms with van der Waals surface area (Å²) in [6, 6.07) is 3.89. The first-order chi connectivity index (χ1) is 7.27. The van der Waals surface area contributed by atoms with Gasteiger partial charge in [0.1, 0.15) is 6.10 Å². The molecule has 1 fully saturated rings. The van der Waals surface area contributed by atoms with E-state index < -0.39 is 0 Å². The molecule has 1 aliphatic heterocycles. The Morgan fingerprint density at radius 3 is 2.93 bits per heavy atom. The Hall–Kier alpha value is -1.42. The number of aromatic nitrogens is 1. The highest BCUT2D eigenvalue weighted by Crippen LogP contribution is 2.16. The number of carbonyl (C=O) groups excluding carboxylic acids is 1. The van der Waals surface area contributed by atoms with Gasteiger partial charge in [-0.15, -0.1) is 0 Å². The predicted octanol–water partition coefficient (Wildman–Crippen LogP) is 0.876. The second-order valence-electron chi connectivity index (χ2n) is 3.62. The molecule has 80 valence electrons. The molecule has 0 aromatic carbocycles. The first-order valence-electron chi connectivity index (χ1n) is 5.04. The molecule has 0 radical (unpaired) electrons. The van der Waals surface area contributed by atoms with Crippen molar-refractivity contribution in [1.82, 2.24) is 4.98 Å². The van der Waals surface area contributed by atoms with Gasteiger partial charge in [-0.1, -0.05) is 0 Å². The van der Waals surface area contributed by atoms with Gasteiger partial charge < -0.3 is 9.64 Å². The van der Waals surface area contributed by atoms with E-state index in [1.54, 1.807) is 19.3 Å². The fraction of sp³-hybridized carbons (Fsp3) is 0.455. The normalized spacial score (nSPS) is 21.4. The summed E-state index contributed by atoms with van der Waals surface area (Å²) in [5.74, 6) is 0.0914. The Bertz CT molecular complexity index is 340. The van der Waals surface area contributed by atoms with Crippen LogP contribution in [0.5, 0.6) is 0 Å². The van der Waals surface area contributed by atoms with Gasteiger partial charge >= 0.3 is 0 Å². The molecule has 0 amide bonds. The highest BCUT2D eigenvalue weighted by atomic mass is 16.5. The highest BCUT2D eigenvalue weighted by Gasteiger charge is 2.23. The number of ketones is 1. The largest absolute Gasteiger partial charge is 0.367 e. The smallest absolute Gasteiger partial charge is 0.160 e. The first kappa shape index (κ1) is 10.1. The lowest BCUT2D eigenvalue weighted by atomic mass is 10.2. The molecule has 4 heteroatoms. The number of pyridine rings is 1. The molecule has 4 nitrogen and oxygen atoms in total. The SMILES string of the molecule is CC(=O)[C@@H]1CN(c2ccncc2)CCO1. The standard InChI is InChI=1S/C11H14N2O2/c1-9(14)11-8-13(6-7-15-11)10-2-4-12-5-3-10/h2-5,11H,6-8H2,1H3/t11-/m0/s1.